The van der Waals surface area contributed by atoms with E-state index in [4.69, 9.17) is 0 Å². The first-order chi connectivity index (χ1) is 7.68. The highest BCUT2D eigenvalue weighted by atomic mass is 19.1. The molecule has 0 unspecified atom stereocenters. The number of hydrogen-bond donors (Lipinski definition) is 1. The van der Waals surface area contributed by atoms with E-state index in [0.29, 0.717) is 18.8 Å². The minimum absolute atomic E-state index is 0.0386. The molecular formula is C10H12FN3O2. The van der Waals surface area contributed by atoms with E-state index in [1.165, 1.54) is 12.1 Å². The number of nitro benzene ring substituents is 1. The summed E-state index contributed by atoms with van der Waals surface area (Å²) in [6.07, 6.45) is 0. The monoisotopic (exact) mass is 225 g/mol. The van der Waals surface area contributed by atoms with Crippen LogP contribution in [0.5, 0.6) is 0 Å². The number of hydrogen-bond acceptors (Lipinski definition) is 4. The third-order valence-corrected chi connectivity index (χ3v) is 2.59. The summed E-state index contributed by atoms with van der Waals surface area (Å²) < 4.78 is 13.1. The highest BCUT2D eigenvalue weighted by Crippen LogP contribution is 2.28. The molecule has 0 radical (unpaired) electrons. The van der Waals surface area contributed by atoms with Crippen molar-refractivity contribution in [3.05, 3.63) is 34.1 Å². The Hall–Kier alpha value is -1.69. The van der Waals surface area contributed by atoms with Crippen LogP contribution in [-0.2, 0) is 0 Å². The standard InChI is InChI=1S/C10H12FN3O2/c11-8-1-2-9(14(15)16)10(7-8)13-5-3-12-4-6-13/h1-2,7,12H,3-6H2. The molecule has 1 aromatic rings. The second kappa shape index (κ2) is 4.44. The zero-order valence-corrected chi connectivity index (χ0v) is 8.65. The van der Waals surface area contributed by atoms with Crippen LogP contribution in [0.2, 0.25) is 0 Å². The van der Waals surface area contributed by atoms with Crippen LogP contribution >= 0.6 is 0 Å². The Labute approximate surface area is 92.0 Å². The summed E-state index contributed by atoms with van der Waals surface area (Å²) in [6, 6.07) is 3.56. The Morgan fingerprint density at radius 3 is 2.69 bits per heavy atom. The molecule has 1 aliphatic rings. The zero-order chi connectivity index (χ0) is 11.5. The minimum Gasteiger partial charge on any atom is -0.363 e. The van der Waals surface area contributed by atoms with Crippen LogP contribution in [0.3, 0.4) is 0 Å². The van der Waals surface area contributed by atoms with Gasteiger partial charge in [0.05, 0.1) is 4.92 Å². The van der Waals surface area contributed by atoms with Crippen LogP contribution in [-0.4, -0.2) is 31.1 Å². The van der Waals surface area contributed by atoms with Crippen LogP contribution in [0, 0.1) is 15.9 Å². The number of nitrogens with one attached hydrogen (secondary N) is 1. The normalized spacial score (nSPS) is 16.2. The van der Waals surface area contributed by atoms with Gasteiger partial charge < -0.3 is 10.2 Å². The number of rotatable bonds is 2. The number of benzene rings is 1. The fourth-order valence-electron chi connectivity index (χ4n) is 1.81. The average molecular weight is 225 g/mol. The predicted octanol–water partition coefficient (Wildman–Crippen LogP) is 1.14. The smallest absolute Gasteiger partial charge is 0.292 e. The van der Waals surface area contributed by atoms with Gasteiger partial charge in [0.25, 0.3) is 5.69 Å². The third-order valence-electron chi connectivity index (χ3n) is 2.59. The van der Waals surface area contributed by atoms with Gasteiger partial charge in [-0.15, -0.1) is 0 Å². The number of anilines is 1. The summed E-state index contributed by atoms with van der Waals surface area (Å²) >= 11 is 0. The molecule has 16 heavy (non-hydrogen) atoms. The van der Waals surface area contributed by atoms with Gasteiger partial charge in [-0.2, -0.15) is 0 Å². The van der Waals surface area contributed by atoms with E-state index >= 15 is 0 Å². The van der Waals surface area contributed by atoms with E-state index in [2.05, 4.69) is 5.32 Å². The molecule has 0 amide bonds. The van der Waals surface area contributed by atoms with Gasteiger partial charge in [0, 0.05) is 38.3 Å². The first-order valence-electron chi connectivity index (χ1n) is 5.08. The molecule has 6 heteroatoms. The molecule has 1 N–H and O–H groups in total. The molecule has 1 aromatic carbocycles. The Bertz CT molecular complexity index is 405. The maximum Gasteiger partial charge on any atom is 0.292 e. The van der Waals surface area contributed by atoms with Crippen LogP contribution in [0.4, 0.5) is 15.8 Å². The van der Waals surface area contributed by atoms with Crippen LogP contribution < -0.4 is 10.2 Å². The lowest BCUT2D eigenvalue weighted by molar-refractivity contribution is -0.384. The Morgan fingerprint density at radius 2 is 2.06 bits per heavy atom. The van der Waals surface area contributed by atoms with Crippen molar-refractivity contribution in [1.29, 1.82) is 0 Å². The lowest BCUT2D eigenvalue weighted by Gasteiger charge is -2.28. The Kier molecular flexibility index (Phi) is 3.00. The maximum absolute atomic E-state index is 13.1. The van der Waals surface area contributed by atoms with E-state index in [9.17, 15) is 14.5 Å². The van der Waals surface area contributed by atoms with Crippen LogP contribution in [0.1, 0.15) is 0 Å². The molecule has 5 nitrogen and oxygen atoms in total. The minimum atomic E-state index is -0.475. The number of nitrogens with zero attached hydrogens (tertiary/aromatic N) is 2. The largest absolute Gasteiger partial charge is 0.363 e. The lowest BCUT2D eigenvalue weighted by Crippen LogP contribution is -2.43. The van der Waals surface area contributed by atoms with Crippen molar-refractivity contribution in [2.24, 2.45) is 0 Å². The zero-order valence-electron chi connectivity index (χ0n) is 8.65. The highest BCUT2D eigenvalue weighted by Gasteiger charge is 2.21. The summed E-state index contributed by atoms with van der Waals surface area (Å²) in [5, 5.41) is 14.0. The molecule has 86 valence electrons. The van der Waals surface area contributed by atoms with Gasteiger partial charge in [-0.25, -0.2) is 4.39 Å². The van der Waals surface area contributed by atoms with E-state index in [-0.39, 0.29) is 5.69 Å². The molecule has 1 fully saturated rings. The topological polar surface area (TPSA) is 58.4 Å². The van der Waals surface area contributed by atoms with Crippen molar-refractivity contribution in [3.8, 4) is 0 Å². The molecular weight excluding hydrogens is 213 g/mol. The van der Waals surface area contributed by atoms with Crippen LogP contribution in [0.15, 0.2) is 18.2 Å². The summed E-state index contributed by atoms with van der Waals surface area (Å²) in [5.41, 5.74) is 0.329. The maximum atomic E-state index is 13.1. The van der Waals surface area contributed by atoms with Crippen molar-refractivity contribution in [2.45, 2.75) is 0 Å². The lowest BCUT2D eigenvalue weighted by atomic mass is 10.2. The van der Waals surface area contributed by atoms with Crippen molar-refractivity contribution >= 4 is 11.4 Å². The van der Waals surface area contributed by atoms with Gasteiger partial charge in [-0.05, 0) is 6.07 Å². The van der Waals surface area contributed by atoms with Crippen LogP contribution in [0.25, 0.3) is 0 Å². The third kappa shape index (κ3) is 2.11. The van der Waals surface area contributed by atoms with Gasteiger partial charge in [0.2, 0.25) is 0 Å². The predicted molar refractivity (Wildman–Crippen MR) is 58.1 cm³/mol. The molecule has 2 rings (SSSR count). The number of halogens is 1. The summed E-state index contributed by atoms with van der Waals surface area (Å²) in [4.78, 5) is 12.2. The molecule has 1 aliphatic heterocycles. The van der Waals surface area contributed by atoms with Crippen molar-refractivity contribution in [3.63, 3.8) is 0 Å². The van der Waals surface area contributed by atoms with E-state index < -0.39 is 10.7 Å². The first-order valence-corrected chi connectivity index (χ1v) is 5.08. The second-order valence-corrected chi connectivity index (χ2v) is 3.63. The molecule has 0 saturated carbocycles. The number of piperazine rings is 1. The quantitative estimate of drug-likeness (QED) is 0.605. The first kappa shape index (κ1) is 10.8. The van der Waals surface area contributed by atoms with Crippen molar-refractivity contribution in [2.75, 3.05) is 31.1 Å². The number of nitro groups is 1. The van der Waals surface area contributed by atoms with Gasteiger partial charge in [-0.3, -0.25) is 10.1 Å². The second-order valence-electron chi connectivity index (χ2n) is 3.63. The molecule has 1 heterocycles. The Balaban J connectivity index is 2.36. The van der Waals surface area contributed by atoms with Crippen molar-refractivity contribution < 1.29 is 9.31 Å². The SMILES string of the molecule is O=[N+]([O-])c1ccc(F)cc1N1CCNCC1. The summed E-state index contributed by atoms with van der Waals surface area (Å²) in [6.45, 7) is 2.83. The summed E-state index contributed by atoms with van der Waals surface area (Å²) in [7, 11) is 0. The van der Waals surface area contributed by atoms with Gasteiger partial charge in [0.1, 0.15) is 11.5 Å². The molecule has 1 saturated heterocycles. The Morgan fingerprint density at radius 1 is 1.38 bits per heavy atom. The molecule has 0 bridgehead atoms. The van der Waals surface area contributed by atoms with Gasteiger partial charge in [0.15, 0.2) is 0 Å². The van der Waals surface area contributed by atoms with Gasteiger partial charge in [-0.1, -0.05) is 0 Å². The average Bonchev–Trinajstić information content (AvgIpc) is 2.29. The highest BCUT2D eigenvalue weighted by molar-refractivity contribution is 5.63. The molecule has 0 aliphatic carbocycles. The van der Waals surface area contributed by atoms with E-state index in [1.807, 2.05) is 4.90 Å². The van der Waals surface area contributed by atoms with E-state index in [1.54, 1.807) is 0 Å². The van der Waals surface area contributed by atoms with Crippen molar-refractivity contribution in [1.82, 2.24) is 5.32 Å². The van der Waals surface area contributed by atoms with E-state index in [0.717, 1.165) is 19.2 Å². The fourth-order valence-corrected chi connectivity index (χ4v) is 1.81. The molecule has 0 aromatic heterocycles. The molecule has 0 atom stereocenters. The molecule has 0 spiro atoms. The van der Waals surface area contributed by atoms with Gasteiger partial charge >= 0.3 is 0 Å². The summed E-state index contributed by atoms with van der Waals surface area (Å²) in [5.74, 6) is -0.445. The fraction of sp³-hybridized carbons (Fsp3) is 0.400.